The molecule has 1 aromatic carbocycles. The molecular formula is C17H27BrN2O3. The van der Waals surface area contributed by atoms with Gasteiger partial charge >= 0.3 is 0 Å². The van der Waals surface area contributed by atoms with Crippen molar-refractivity contribution in [2.24, 2.45) is 0 Å². The SMILES string of the molecule is CCCOc1c(Br)cc(C(=O)NCCN(CC)CC)cc1OC. The van der Waals surface area contributed by atoms with Crippen LogP contribution in [0.25, 0.3) is 0 Å². The number of hydrogen-bond donors (Lipinski definition) is 1. The molecule has 0 radical (unpaired) electrons. The van der Waals surface area contributed by atoms with Gasteiger partial charge in [-0.1, -0.05) is 20.8 Å². The zero-order valence-corrected chi connectivity index (χ0v) is 16.0. The van der Waals surface area contributed by atoms with E-state index < -0.39 is 0 Å². The molecule has 0 fully saturated rings. The van der Waals surface area contributed by atoms with Gasteiger partial charge in [-0.3, -0.25) is 4.79 Å². The number of carbonyl (C=O) groups is 1. The fourth-order valence-corrected chi connectivity index (χ4v) is 2.72. The summed E-state index contributed by atoms with van der Waals surface area (Å²) >= 11 is 3.46. The third kappa shape index (κ3) is 6.03. The van der Waals surface area contributed by atoms with Gasteiger partial charge in [0.2, 0.25) is 0 Å². The van der Waals surface area contributed by atoms with Crippen molar-refractivity contribution in [3.8, 4) is 11.5 Å². The minimum absolute atomic E-state index is 0.113. The Hall–Kier alpha value is -1.27. The number of likely N-dealkylation sites (N-methyl/N-ethyl adjacent to an activating group) is 1. The molecule has 5 nitrogen and oxygen atoms in total. The lowest BCUT2D eigenvalue weighted by Crippen LogP contribution is -2.34. The van der Waals surface area contributed by atoms with E-state index in [9.17, 15) is 4.79 Å². The van der Waals surface area contributed by atoms with Crippen LogP contribution in [0.3, 0.4) is 0 Å². The van der Waals surface area contributed by atoms with E-state index in [2.05, 4.69) is 40.0 Å². The van der Waals surface area contributed by atoms with Gasteiger partial charge in [0.1, 0.15) is 0 Å². The Bertz CT molecular complexity index is 505. The van der Waals surface area contributed by atoms with Crippen LogP contribution in [0.1, 0.15) is 37.6 Å². The van der Waals surface area contributed by atoms with Crippen molar-refractivity contribution in [2.45, 2.75) is 27.2 Å². The maximum atomic E-state index is 12.3. The highest BCUT2D eigenvalue weighted by molar-refractivity contribution is 9.10. The Balaban J connectivity index is 2.75. The minimum Gasteiger partial charge on any atom is -0.493 e. The lowest BCUT2D eigenvalue weighted by molar-refractivity contribution is 0.0948. The molecule has 0 atom stereocenters. The van der Waals surface area contributed by atoms with Gasteiger partial charge in [0, 0.05) is 18.7 Å². The fraction of sp³-hybridized carbons (Fsp3) is 0.588. The predicted octanol–water partition coefficient (Wildman–Crippen LogP) is 3.32. The van der Waals surface area contributed by atoms with Crippen LogP contribution in [-0.2, 0) is 0 Å². The Morgan fingerprint density at radius 1 is 1.26 bits per heavy atom. The number of hydrogen-bond acceptors (Lipinski definition) is 4. The lowest BCUT2D eigenvalue weighted by atomic mass is 10.2. The molecule has 0 aliphatic heterocycles. The highest BCUT2D eigenvalue weighted by atomic mass is 79.9. The second-order valence-electron chi connectivity index (χ2n) is 5.12. The van der Waals surface area contributed by atoms with Crippen molar-refractivity contribution in [3.63, 3.8) is 0 Å². The van der Waals surface area contributed by atoms with Gasteiger partial charge in [0.15, 0.2) is 11.5 Å². The molecule has 0 saturated carbocycles. The van der Waals surface area contributed by atoms with Crippen LogP contribution in [0, 0.1) is 0 Å². The summed E-state index contributed by atoms with van der Waals surface area (Å²) in [6, 6.07) is 3.47. The number of rotatable bonds is 10. The third-order valence-electron chi connectivity index (χ3n) is 3.55. The first kappa shape index (κ1) is 19.8. The van der Waals surface area contributed by atoms with Crippen molar-refractivity contribution in [1.29, 1.82) is 0 Å². The van der Waals surface area contributed by atoms with Crippen LogP contribution >= 0.6 is 15.9 Å². The van der Waals surface area contributed by atoms with E-state index in [-0.39, 0.29) is 5.91 Å². The van der Waals surface area contributed by atoms with Gasteiger partial charge in [0.25, 0.3) is 5.91 Å². The Labute approximate surface area is 147 Å². The summed E-state index contributed by atoms with van der Waals surface area (Å²) in [6.07, 6.45) is 0.906. The number of amides is 1. The van der Waals surface area contributed by atoms with Crippen LogP contribution in [-0.4, -0.2) is 50.7 Å². The van der Waals surface area contributed by atoms with E-state index in [1.807, 2.05) is 6.92 Å². The summed E-state index contributed by atoms with van der Waals surface area (Å²) in [6.45, 7) is 10.3. The highest BCUT2D eigenvalue weighted by Crippen LogP contribution is 2.36. The summed E-state index contributed by atoms with van der Waals surface area (Å²) in [4.78, 5) is 14.6. The van der Waals surface area contributed by atoms with E-state index in [1.54, 1.807) is 19.2 Å². The number of halogens is 1. The quantitative estimate of drug-likeness (QED) is 0.669. The first-order chi connectivity index (χ1) is 11.1. The average molecular weight is 387 g/mol. The summed E-state index contributed by atoms with van der Waals surface area (Å²) in [7, 11) is 1.57. The van der Waals surface area contributed by atoms with Gasteiger partial charge in [-0.05, 0) is 47.6 Å². The summed E-state index contributed by atoms with van der Waals surface area (Å²) in [5, 5.41) is 2.94. The molecule has 0 unspecified atom stereocenters. The maximum Gasteiger partial charge on any atom is 0.251 e. The average Bonchev–Trinajstić information content (AvgIpc) is 2.56. The van der Waals surface area contributed by atoms with Gasteiger partial charge in [-0.15, -0.1) is 0 Å². The first-order valence-electron chi connectivity index (χ1n) is 8.08. The zero-order valence-electron chi connectivity index (χ0n) is 14.4. The molecule has 1 N–H and O–H groups in total. The molecule has 0 heterocycles. The molecule has 0 spiro atoms. The smallest absolute Gasteiger partial charge is 0.251 e. The van der Waals surface area contributed by atoms with Crippen molar-refractivity contribution in [3.05, 3.63) is 22.2 Å². The number of nitrogens with zero attached hydrogens (tertiary/aromatic N) is 1. The normalized spacial score (nSPS) is 10.7. The molecule has 1 rings (SSSR count). The predicted molar refractivity (Wildman–Crippen MR) is 96.6 cm³/mol. The van der Waals surface area contributed by atoms with E-state index >= 15 is 0 Å². The number of nitrogens with one attached hydrogen (secondary N) is 1. The first-order valence-corrected chi connectivity index (χ1v) is 8.87. The number of methoxy groups -OCH3 is 1. The van der Waals surface area contributed by atoms with E-state index in [4.69, 9.17) is 9.47 Å². The van der Waals surface area contributed by atoms with Crippen LogP contribution in [0.4, 0.5) is 0 Å². The third-order valence-corrected chi connectivity index (χ3v) is 4.14. The highest BCUT2D eigenvalue weighted by Gasteiger charge is 2.15. The molecule has 6 heteroatoms. The monoisotopic (exact) mass is 386 g/mol. The van der Waals surface area contributed by atoms with Crippen molar-refractivity contribution in [1.82, 2.24) is 10.2 Å². The summed E-state index contributed by atoms with van der Waals surface area (Å²) < 4.78 is 11.7. The second-order valence-corrected chi connectivity index (χ2v) is 5.98. The van der Waals surface area contributed by atoms with Gasteiger partial charge in [-0.25, -0.2) is 0 Å². The number of benzene rings is 1. The van der Waals surface area contributed by atoms with E-state index in [1.165, 1.54) is 0 Å². The molecule has 0 saturated heterocycles. The van der Waals surface area contributed by atoms with E-state index in [0.29, 0.717) is 30.2 Å². The molecule has 0 aromatic heterocycles. The van der Waals surface area contributed by atoms with E-state index in [0.717, 1.165) is 30.5 Å². The molecule has 0 aliphatic carbocycles. The fourth-order valence-electron chi connectivity index (χ4n) is 2.16. The number of carbonyl (C=O) groups excluding carboxylic acids is 1. The number of ether oxygens (including phenoxy) is 2. The Morgan fingerprint density at radius 3 is 2.52 bits per heavy atom. The van der Waals surface area contributed by atoms with Crippen molar-refractivity contribution >= 4 is 21.8 Å². The van der Waals surface area contributed by atoms with Crippen LogP contribution < -0.4 is 14.8 Å². The molecule has 1 amide bonds. The molecule has 0 bridgehead atoms. The molecular weight excluding hydrogens is 360 g/mol. The topological polar surface area (TPSA) is 50.8 Å². The van der Waals surface area contributed by atoms with Gasteiger partial charge in [-0.2, -0.15) is 0 Å². The Morgan fingerprint density at radius 2 is 1.96 bits per heavy atom. The van der Waals surface area contributed by atoms with Gasteiger partial charge < -0.3 is 19.7 Å². The molecule has 1 aromatic rings. The second kappa shape index (κ2) is 10.5. The zero-order chi connectivity index (χ0) is 17.2. The van der Waals surface area contributed by atoms with Crippen LogP contribution in [0.2, 0.25) is 0 Å². The minimum atomic E-state index is -0.113. The summed E-state index contributed by atoms with van der Waals surface area (Å²) in [5.41, 5.74) is 0.553. The van der Waals surface area contributed by atoms with Crippen LogP contribution in [0.5, 0.6) is 11.5 Å². The molecule has 0 aliphatic rings. The largest absolute Gasteiger partial charge is 0.493 e. The summed E-state index contributed by atoms with van der Waals surface area (Å²) in [5.74, 6) is 1.08. The van der Waals surface area contributed by atoms with Crippen molar-refractivity contribution in [2.75, 3.05) is 39.9 Å². The standard InChI is InChI=1S/C17H27BrN2O3/c1-5-10-23-16-14(18)11-13(12-15(16)22-4)17(21)19-8-9-20(6-2)7-3/h11-12H,5-10H2,1-4H3,(H,19,21). The van der Waals surface area contributed by atoms with Gasteiger partial charge in [0.05, 0.1) is 18.2 Å². The molecule has 130 valence electrons. The molecule has 23 heavy (non-hydrogen) atoms. The lowest BCUT2D eigenvalue weighted by Gasteiger charge is -2.18. The van der Waals surface area contributed by atoms with Crippen molar-refractivity contribution < 1.29 is 14.3 Å². The van der Waals surface area contributed by atoms with Crippen LogP contribution in [0.15, 0.2) is 16.6 Å². The maximum absolute atomic E-state index is 12.3. The Kier molecular flexibility index (Phi) is 9.02.